The number of rotatable bonds is 7. The lowest BCUT2D eigenvalue weighted by atomic mass is 10.1. The smallest absolute Gasteiger partial charge is 0.234 e. The number of carbonyl (C=O) groups excluding carboxylic acids is 1. The third-order valence-corrected chi connectivity index (χ3v) is 5.85. The molecule has 0 aliphatic heterocycles. The Kier molecular flexibility index (Phi) is 6.18. The highest BCUT2D eigenvalue weighted by Crippen LogP contribution is 2.25. The summed E-state index contributed by atoms with van der Waals surface area (Å²) >= 11 is 1.35. The van der Waals surface area contributed by atoms with Gasteiger partial charge in [-0.3, -0.25) is 9.36 Å². The zero-order valence-corrected chi connectivity index (χ0v) is 18.4. The number of amides is 1. The van der Waals surface area contributed by atoms with Gasteiger partial charge in [-0.15, -0.1) is 10.2 Å². The Morgan fingerprint density at radius 1 is 1.16 bits per heavy atom. The molecular weight excluding hydrogens is 410 g/mol. The number of oxazole rings is 1. The number of thioether (sulfide) groups is 1. The minimum atomic E-state index is -0.125. The van der Waals surface area contributed by atoms with E-state index in [0.717, 1.165) is 29.1 Å². The van der Waals surface area contributed by atoms with Crippen LogP contribution in [-0.2, 0) is 11.2 Å². The van der Waals surface area contributed by atoms with Crippen LogP contribution in [0, 0.1) is 13.8 Å². The fourth-order valence-electron chi connectivity index (χ4n) is 3.19. The van der Waals surface area contributed by atoms with E-state index in [4.69, 9.17) is 4.42 Å². The molecule has 31 heavy (non-hydrogen) atoms. The van der Waals surface area contributed by atoms with Crippen LogP contribution in [0.3, 0.4) is 0 Å². The number of carbonyl (C=O) groups is 1. The lowest BCUT2D eigenvalue weighted by Gasteiger charge is -2.10. The first-order valence-electron chi connectivity index (χ1n) is 10.0. The van der Waals surface area contributed by atoms with Crippen LogP contribution in [0.5, 0.6) is 0 Å². The third kappa shape index (κ3) is 4.69. The Balaban J connectivity index is 1.43. The Bertz CT molecular complexity index is 1190. The van der Waals surface area contributed by atoms with Crippen LogP contribution in [0.2, 0.25) is 0 Å². The second kappa shape index (κ2) is 9.18. The standard InChI is InChI=1S/C23H23N5O2S/c1-4-17-8-5-6-11-20(17)28-14-24-27-23(28)31-13-21(29)26-19-10-7-9-18(12-19)22-25-15(2)16(3)30-22/h5-12,14H,4,13H2,1-3H3,(H,26,29). The van der Waals surface area contributed by atoms with E-state index in [9.17, 15) is 4.79 Å². The summed E-state index contributed by atoms with van der Waals surface area (Å²) in [6.07, 6.45) is 2.58. The van der Waals surface area contributed by atoms with Crippen molar-refractivity contribution in [3.05, 3.63) is 71.9 Å². The lowest BCUT2D eigenvalue weighted by molar-refractivity contribution is -0.113. The highest BCUT2D eigenvalue weighted by Gasteiger charge is 2.13. The number of aromatic nitrogens is 4. The molecule has 0 unspecified atom stereocenters. The molecule has 0 aliphatic carbocycles. The van der Waals surface area contributed by atoms with Crippen LogP contribution in [0.25, 0.3) is 17.1 Å². The highest BCUT2D eigenvalue weighted by atomic mass is 32.2. The molecule has 0 atom stereocenters. The van der Waals surface area contributed by atoms with Crippen molar-refractivity contribution >= 4 is 23.4 Å². The Labute approximate surface area is 184 Å². The van der Waals surface area contributed by atoms with Crippen molar-refractivity contribution in [3.8, 4) is 17.1 Å². The van der Waals surface area contributed by atoms with E-state index < -0.39 is 0 Å². The maximum Gasteiger partial charge on any atom is 0.234 e. The van der Waals surface area contributed by atoms with Gasteiger partial charge in [-0.1, -0.05) is 43.0 Å². The first-order valence-corrected chi connectivity index (χ1v) is 11.0. The molecule has 2 heterocycles. The summed E-state index contributed by atoms with van der Waals surface area (Å²) in [6.45, 7) is 5.90. The van der Waals surface area contributed by atoms with Gasteiger partial charge in [0.25, 0.3) is 0 Å². The van der Waals surface area contributed by atoms with Crippen molar-refractivity contribution in [2.45, 2.75) is 32.3 Å². The molecule has 0 bridgehead atoms. The van der Waals surface area contributed by atoms with Gasteiger partial charge in [0.15, 0.2) is 5.16 Å². The highest BCUT2D eigenvalue weighted by molar-refractivity contribution is 7.99. The van der Waals surface area contributed by atoms with Crippen LogP contribution in [-0.4, -0.2) is 31.4 Å². The average molecular weight is 434 g/mol. The van der Waals surface area contributed by atoms with Crippen molar-refractivity contribution in [2.24, 2.45) is 0 Å². The van der Waals surface area contributed by atoms with Crippen molar-refractivity contribution in [2.75, 3.05) is 11.1 Å². The van der Waals surface area contributed by atoms with Crippen molar-refractivity contribution in [1.29, 1.82) is 0 Å². The van der Waals surface area contributed by atoms with Gasteiger partial charge < -0.3 is 9.73 Å². The van der Waals surface area contributed by atoms with Gasteiger partial charge in [-0.2, -0.15) is 0 Å². The van der Waals surface area contributed by atoms with Crippen LogP contribution in [0.4, 0.5) is 5.69 Å². The molecule has 1 amide bonds. The molecular formula is C23H23N5O2S. The Morgan fingerprint density at radius 2 is 2.00 bits per heavy atom. The van der Waals surface area contributed by atoms with E-state index in [0.29, 0.717) is 16.7 Å². The molecule has 4 aromatic rings. The normalized spacial score (nSPS) is 10.9. The number of benzene rings is 2. The molecule has 158 valence electrons. The lowest BCUT2D eigenvalue weighted by Crippen LogP contribution is -2.14. The second-order valence-corrected chi connectivity index (χ2v) is 7.99. The van der Waals surface area contributed by atoms with Crippen molar-refractivity contribution < 1.29 is 9.21 Å². The largest absolute Gasteiger partial charge is 0.441 e. The second-order valence-electron chi connectivity index (χ2n) is 7.04. The molecule has 0 saturated heterocycles. The van der Waals surface area contributed by atoms with Gasteiger partial charge in [0.2, 0.25) is 11.8 Å². The van der Waals surface area contributed by atoms with Gasteiger partial charge in [-0.25, -0.2) is 4.98 Å². The number of nitrogens with zero attached hydrogens (tertiary/aromatic N) is 4. The monoisotopic (exact) mass is 433 g/mol. The van der Waals surface area contributed by atoms with Crippen molar-refractivity contribution in [3.63, 3.8) is 0 Å². The SMILES string of the molecule is CCc1ccccc1-n1cnnc1SCC(=O)Nc1cccc(-c2nc(C)c(C)o2)c1. The Hall–Kier alpha value is -3.39. The summed E-state index contributed by atoms with van der Waals surface area (Å²) in [5.74, 6) is 1.42. The van der Waals surface area contributed by atoms with Crippen LogP contribution < -0.4 is 5.32 Å². The molecule has 1 N–H and O–H groups in total. The van der Waals surface area contributed by atoms with E-state index in [-0.39, 0.29) is 11.7 Å². The minimum Gasteiger partial charge on any atom is -0.441 e. The maximum absolute atomic E-state index is 12.6. The van der Waals surface area contributed by atoms with Crippen LogP contribution >= 0.6 is 11.8 Å². The quantitative estimate of drug-likeness (QED) is 0.420. The molecule has 8 heteroatoms. The van der Waals surface area contributed by atoms with E-state index >= 15 is 0 Å². The number of para-hydroxylation sites is 1. The van der Waals surface area contributed by atoms with Crippen molar-refractivity contribution in [1.82, 2.24) is 19.7 Å². The first kappa shape index (κ1) is 20.9. The topological polar surface area (TPSA) is 85.8 Å². The predicted molar refractivity (Wildman–Crippen MR) is 122 cm³/mol. The van der Waals surface area contributed by atoms with Gasteiger partial charge in [-0.05, 0) is 50.1 Å². The zero-order chi connectivity index (χ0) is 21.8. The predicted octanol–water partition coefficient (Wildman–Crippen LogP) is 4.83. The van der Waals surface area contributed by atoms with E-state index in [1.54, 1.807) is 6.33 Å². The molecule has 0 fully saturated rings. The van der Waals surface area contributed by atoms with E-state index in [1.807, 2.05) is 60.9 Å². The Morgan fingerprint density at radius 3 is 2.77 bits per heavy atom. The number of aryl methyl sites for hydroxylation is 3. The van der Waals surface area contributed by atoms with Gasteiger partial charge in [0, 0.05) is 11.3 Å². The molecule has 2 aromatic heterocycles. The number of hydrogen-bond donors (Lipinski definition) is 1. The number of nitrogens with one attached hydrogen (secondary N) is 1. The molecule has 0 aliphatic rings. The van der Waals surface area contributed by atoms with E-state index in [2.05, 4.69) is 33.5 Å². The summed E-state index contributed by atoms with van der Waals surface area (Å²) in [6, 6.07) is 15.6. The van der Waals surface area contributed by atoms with Gasteiger partial charge in [0.05, 0.1) is 17.1 Å². The third-order valence-electron chi connectivity index (χ3n) is 4.90. The van der Waals surface area contributed by atoms with Gasteiger partial charge in [0.1, 0.15) is 12.1 Å². The van der Waals surface area contributed by atoms with Crippen LogP contribution in [0.1, 0.15) is 23.9 Å². The number of hydrogen-bond acceptors (Lipinski definition) is 6. The molecule has 0 saturated carbocycles. The summed E-state index contributed by atoms with van der Waals surface area (Å²) in [5.41, 5.74) is 4.59. The molecule has 2 aromatic carbocycles. The maximum atomic E-state index is 12.6. The fourth-order valence-corrected chi connectivity index (χ4v) is 3.91. The average Bonchev–Trinajstić information content (AvgIpc) is 3.38. The first-order chi connectivity index (χ1) is 15.0. The summed E-state index contributed by atoms with van der Waals surface area (Å²) < 4.78 is 7.61. The van der Waals surface area contributed by atoms with Gasteiger partial charge >= 0.3 is 0 Å². The zero-order valence-electron chi connectivity index (χ0n) is 17.6. The fraction of sp³-hybridized carbons (Fsp3) is 0.217. The van der Waals surface area contributed by atoms with Crippen LogP contribution in [0.15, 0.2) is 64.4 Å². The molecule has 0 radical (unpaired) electrons. The molecule has 7 nitrogen and oxygen atoms in total. The minimum absolute atomic E-state index is 0.125. The molecule has 0 spiro atoms. The summed E-state index contributed by atoms with van der Waals surface area (Å²) in [5, 5.41) is 11.8. The van der Waals surface area contributed by atoms with E-state index in [1.165, 1.54) is 17.3 Å². The summed E-state index contributed by atoms with van der Waals surface area (Å²) in [4.78, 5) is 17.0. The summed E-state index contributed by atoms with van der Waals surface area (Å²) in [7, 11) is 0. The molecule has 4 rings (SSSR count). The number of anilines is 1.